The number of rotatable bonds is 1. The zero-order valence-corrected chi connectivity index (χ0v) is 6.65. The first-order valence-corrected chi connectivity index (χ1v) is 4.53. The summed E-state index contributed by atoms with van der Waals surface area (Å²) >= 11 is 0. The summed E-state index contributed by atoms with van der Waals surface area (Å²) in [5.74, 6) is 2.28. The van der Waals surface area contributed by atoms with Gasteiger partial charge in [0.1, 0.15) is 0 Å². The summed E-state index contributed by atoms with van der Waals surface area (Å²) in [4.78, 5) is 0. The number of hydrogen-bond donors (Lipinski definition) is 0. The molecule has 1 aromatic heterocycles. The minimum Gasteiger partial charge on any atom is -0.136 e. The highest BCUT2D eigenvalue weighted by atomic mass is 31.0. The van der Waals surface area contributed by atoms with Gasteiger partial charge >= 0.3 is 0 Å². The lowest BCUT2D eigenvalue weighted by atomic mass is 10.1. The van der Waals surface area contributed by atoms with E-state index in [4.69, 9.17) is 0 Å². The molecule has 0 nitrogen and oxygen atoms in total. The molecule has 1 aromatic rings. The van der Waals surface area contributed by atoms with E-state index in [0.717, 1.165) is 8.19 Å². The van der Waals surface area contributed by atoms with Crippen LogP contribution in [-0.4, -0.2) is 0 Å². The van der Waals surface area contributed by atoms with Crippen LogP contribution in [0.2, 0.25) is 0 Å². The van der Waals surface area contributed by atoms with E-state index < -0.39 is 0 Å². The van der Waals surface area contributed by atoms with Gasteiger partial charge in [-0.1, -0.05) is 19.1 Å². The lowest BCUT2D eigenvalue weighted by Crippen LogP contribution is -1.92. The summed E-state index contributed by atoms with van der Waals surface area (Å²) in [5.41, 5.74) is 0.641. The number of hydrogen-bond acceptors (Lipinski definition) is 0. The lowest BCUT2D eigenvalue weighted by Gasteiger charge is -2.02. The maximum absolute atomic E-state index is 2.37. The van der Waals surface area contributed by atoms with Crippen molar-refractivity contribution >= 4 is 8.19 Å². The van der Waals surface area contributed by atoms with Crippen molar-refractivity contribution in [3.05, 3.63) is 23.2 Å². The van der Waals surface area contributed by atoms with E-state index in [0.29, 0.717) is 5.41 Å². The van der Waals surface area contributed by atoms with Gasteiger partial charge in [0.25, 0.3) is 0 Å². The summed E-state index contributed by atoms with van der Waals surface area (Å²) in [6.45, 7) is 2.37. The van der Waals surface area contributed by atoms with E-state index in [-0.39, 0.29) is 0 Å². The molecule has 0 radical (unpaired) electrons. The van der Waals surface area contributed by atoms with E-state index in [1.54, 1.807) is 5.30 Å². The molecule has 1 fully saturated rings. The minimum absolute atomic E-state index is 0.641. The molecule has 9 heavy (non-hydrogen) atoms. The second kappa shape index (κ2) is 1.64. The standard InChI is InChI=1S/C8H11P/c1-8(4-5-8)7-3-2-6-9-7/h2-3,6,9H,4-5H2,1H3. The highest BCUT2D eigenvalue weighted by Crippen LogP contribution is 2.50. The van der Waals surface area contributed by atoms with E-state index >= 15 is 0 Å². The maximum atomic E-state index is 2.37. The van der Waals surface area contributed by atoms with Gasteiger partial charge in [0.15, 0.2) is 0 Å². The monoisotopic (exact) mass is 138 g/mol. The molecule has 1 heterocycles. The van der Waals surface area contributed by atoms with Crippen molar-refractivity contribution < 1.29 is 0 Å². The fourth-order valence-electron chi connectivity index (χ4n) is 1.16. The Hall–Kier alpha value is -0.220. The summed E-state index contributed by atoms with van der Waals surface area (Å²) in [5, 5.41) is 1.68. The summed E-state index contributed by atoms with van der Waals surface area (Å²) in [6.07, 6.45) is 2.85. The van der Waals surface area contributed by atoms with Crippen LogP contribution in [0.4, 0.5) is 0 Å². The maximum Gasteiger partial charge on any atom is -0.00397 e. The third-order valence-corrected chi connectivity index (χ3v) is 3.69. The smallest absolute Gasteiger partial charge is 0.00397 e. The molecule has 1 unspecified atom stereocenters. The van der Waals surface area contributed by atoms with Crippen LogP contribution in [0.25, 0.3) is 0 Å². The zero-order valence-electron chi connectivity index (χ0n) is 5.65. The van der Waals surface area contributed by atoms with Crippen molar-refractivity contribution in [1.29, 1.82) is 0 Å². The van der Waals surface area contributed by atoms with Crippen LogP contribution in [0.3, 0.4) is 0 Å². The van der Waals surface area contributed by atoms with Crippen LogP contribution < -0.4 is 0 Å². The van der Waals surface area contributed by atoms with Gasteiger partial charge in [-0.05, 0) is 29.4 Å². The van der Waals surface area contributed by atoms with Crippen molar-refractivity contribution in [3.8, 4) is 0 Å². The Morgan fingerprint density at radius 2 is 2.33 bits per heavy atom. The third-order valence-electron chi connectivity index (χ3n) is 2.25. The van der Waals surface area contributed by atoms with Crippen LogP contribution >= 0.6 is 8.19 Å². The molecular formula is C8H11P. The largest absolute Gasteiger partial charge is 0.136 e. The quantitative estimate of drug-likeness (QED) is 0.559. The fourth-order valence-corrected chi connectivity index (χ4v) is 2.33. The van der Waals surface area contributed by atoms with Crippen LogP contribution in [0, 0.1) is 0 Å². The van der Waals surface area contributed by atoms with E-state index in [1.165, 1.54) is 12.8 Å². The SMILES string of the molecule is CC1(c2ccc[pH]2)CC1. The fraction of sp³-hybridized carbons (Fsp3) is 0.500. The average Bonchev–Trinajstić information content (AvgIpc) is 2.46. The Balaban J connectivity index is 2.34. The van der Waals surface area contributed by atoms with Crippen LogP contribution in [-0.2, 0) is 5.41 Å². The molecule has 0 amide bonds. The summed E-state index contributed by atoms with van der Waals surface area (Å²) < 4.78 is 0. The molecule has 1 aliphatic carbocycles. The van der Waals surface area contributed by atoms with Crippen molar-refractivity contribution in [2.45, 2.75) is 25.2 Å². The normalized spacial score (nSPS) is 22.8. The molecule has 1 atom stereocenters. The van der Waals surface area contributed by atoms with Gasteiger partial charge in [-0.25, -0.2) is 0 Å². The molecular weight excluding hydrogens is 127 g/mol. The summed E-state index contributed by atoms with van der Waals surface area (Å²) in [6, 6.07) is 4.49. The average molecular weight is 138 g/mol. The van der Waals surface area contributed by atoms with E-state index in [9.17, 15) is 0 Å². The molecule has 0 N–H and O–H groups in total. The van der Waals surface area contributed by atoms with Gasteiger partial charge in [0.2, 0.25) is 0 Å². The minimum atomic E-state index is 0.641. The molecule has 1 heteroatoms. The highest BCUT2D eigenvalue weighted by molar-refractivity contribution is 7.30. The van der Waals surface area contributed by atoms with Crippen molar-refractivity contribution in [2.24, 2.45) is 0 Å². The van der Waals surface area contributed by atoms with Crippen LogP contribution in [0.1, 0.15) is 25.1 Å². The van der Waals surface area contributed by atoms with Crippen molar-refractivity contribution in [2.75, 3.05) is 0 Å². The first-order valence-electron chi connectivity index (χ1n) is 3.45. The molecule has 2 rings (SSSR count). The van der Waals surface area contributed by atoms with Crippen molar-refractivity contribution in [3.63, 3.8) is 0 Å². The second-order valence-electron chi connectivity index (χ2n) is 3.14. The molecule has 1 aliphatic rings. The van der Waals surface area contributed by atoms with E-state index in [2.05, 4.69) is 24.9 Å². The van der Waals surface area contributed by atoms with Crippen LogP contribution in [0.15, 0.2) is 17.9 Å². The molecule has 48 valence electrons. The first-order chi connectivity index (χ1) is 4.31. The molecule has 0 aromatic carbocycles. The van der Waals surface area contributed by atoms with Crippen LogP contribution in [0.5, 0.6) is 0 Å². The van der Waals surface area contributed by atoms with Gasteiger partial charge in [-0.3, -0.25) is 0 Å². The Kier molecular flexibility index (Phi) is 1.01. The topological polar surface area (TPSA) is 0 Å². The predicted molar refractivity (Wildman–Crippen MR) is 42.5 cm³/mol. The van der Waals surface area contributed by atoms with Gasteiger partial charge in [0, 0.05) is 0 Å². The van der Waals surface area contributed by atoms with E-state index in [1.807, 2.05) is 0 Å². The third kappa shape index (κ3) is 0.822. The zero-order chi connectivity index (χ0) is 6.32. The Labute approximate surface area is 57.4 Å². The Morgan fingerprint density at radius 1 is 1.56 bits per heavy atom. The molecule has 0 aliphatic heterocycles. The molecule has 1 saturated carbocycles. The Morgan fingerprint density at radius 3 is 2.78 bits per heavy atom. The molecule has 0 saturated heterocycles. The van der Waals surface area contributed by atoms with Gasteiger partial charge < -0.3 is 0 Å². The second-order valence-corrected chi connectivity index (χ2v) is 4.31. The van der Waals surface area contributed by atoms with Gasteiger partial charge in [-0.15, -0.1) is 8.19 Å². The van der Waals surface area contributed by atoms with Crippen molar-refractivity contribution in [1.82, 2.24) is 0 Å². The Bertz CT molecular complexity index is 194. The van der Waals surface area contributed by atoms with Gasteiger partial charge in [-0.2, -0.15) is 0 Å². The summed E-state index contributed by atoms with van der Waals surface area (Å²) in [7, 11) is 0.994. The predicted octanol–water partition coefficient (Wildman–Crippen LogP) is 2.77. The lowest BCUT2D eigenvalue weighted by molar-refractivity contribution is 0.810. The van der Waals surface area contributed by atoms with Gasteiger partial charge in [0.05, 0.1) is 0 Å². The molecule has 0 spiro atoms. The first kappa shape index (κ1) is 5.56. The highest BCUT2D eigenvalue weighted by Gasteiger charge is 2.38. The molecule has 0 bridgehead atoms.